The van der Waals surface area contributed by atoms with Crippen LogP contribution >= 0.6 is 0 Å². The van der Waals surface area contributed by atoms with Crippen molar-refractivity contribution in [1.82, 2.24) is 19.8 Å². The Balaban J connectivity index is 1.34. The summed E-state index contributed by atoms with van der Waals surface area (Å²) in [5.74, 6) is -3.48. The number of nitrogens with one attached hydrogen (secondary N) is 1. The summed E-state index contributed by atoms with van der Waals surface area (Å²) < 4.78 is 28.9. The van der Waals surface area contributed by atoms with Crippen LogP contribution in [0.2, 0.25) is 0 Å². The minimum atomic E-state index is -2.85. The number of rotatable bonds is 5. The molecule has 0 radical (unpaired) electrons. The predicted octanol–water partition coefficient (Wildman–Crippen LogP) is 3.20. The van der Waals surface area contributed by atoms with Crippen LogP contribution < -0.4 is 5.32 Å². The second kappa shape index (κ2) is 7.98. The highest BCUT2D eigenvalue weighted by atomic mass is 19.3. The van der Waals surface area contributed by atoms with Crippen LogP contribution in [-0.2, 0) is 11.4 Å². The number of para-hydroxylation sites is 2. The van der Waals surface area contributed by atoms with Crippen molar-refractivity contribution in [3.05, 3.63) is 59.9 Å². The van der Waals surface area contributed by atoms with Gasteiger partial charge in [-0.3, -0.25) is 19.1 Å². The third-order valence-electron chi connectivity index (χ3n) is 6.60. The number of carbonyl (C=O) groups is 3. The fourth-order valence-corrected chi connectivity index (χ4v) is 4.70. The minimum Gasteiger partial charge on any atom is -0.388 e. The van der Waals surface area contributed by atoms with Gasteiger partial charge in [0.2, 0.25) is 5.92 Å². The van der Waals surface area contributed by atoms with Crippen molar-refractivity contribution in [3.63, 3.8) is 0 Å². The van der Waals surface area contributed by atoms with Gasteiger partial charge in [0.05, 0.1) is 17.6 Å². The lowest BCUT2D eigenvalue weighted by Gasteiger charge is -2.34. The van der Waals surface area contributed by atoms with Gasteiger partial charge in [0, 0.05) is 24.1 Å². The molecule has 8 nitrogen and oxygen atoms in total. The normalized spacial score (nSPS) is 19.1. The van der Waals surface area contributed by atoms with Gasteiger partial charge < -0.3 is 10.4 Å². The molecule has 34 heavy (non-hydrogen) atoms. The number of nitrogens with zero attached hydrogens (tertiary/aromatic N) is 3. The van der Waals surface area contributed by atoms with Crippen molar-refractivity contribution in [2.75, 3.05) is 6.54 Å². The smallest absolute Gasteiger partial charge is 0.325 e. The van der Waals surface area contributed by atoms with Crippen molar-refractivity contribution < 1.29 is 28.3 Å². The number of fused-ring (bicyclic) bond motifs is 1. The van der Waals surface area contributed by atoms with E-state index in [1.54, 1.807) is 28.8 Å². The van der Waals surface area contributed by atoms with Gasteiger partial charge in [0.15, 0.2) is 5.78 Å². The SMILES string of the molecule is O=C(CN1C(=O)NC2(CCC(F)(F)CC2)C1=O)c1ccc(-n2c(CO)nc3ccccc32)cc1. The first-order valence-corrected chi connectivity index (χ1v) is 11.0. The van der Waals surface area contributed by atoms with E-state index < -0.39 is 48.6 Å². The van der Waals surface area contributed by atoms with Crippen molar-refractivity contribution in [1.29, 1.82) is 0 Å². The number of ketones is 1. The predicted molar refractivity (Wildman–Crippen MR) is 118 cm³/mol. The number of amides is 3. The van der Waals surface area contributed by atoms with Crippen molar-refractivity contribution >= 4 is 28.8 Å². The Labute approximate surface area is 193 Å². The molecule has 10 heteroatoms. The molecule has 0 atom stereocenters. The van der Waals surface area contributed by atoms with E-state index in [2.05, 4.69) is 10.3 Å². The first-order valence-electron chi connectivity index (χ1n) is 11.0. The summed E-state index contributed by atoms with van der Waals surface area (Å²) >= 11 is 0. The Kier molecular flexibility index (Phi) is 5.20. The van der Waals surface area contributed by atoms with E-state index in [4.69, 9.17) is 0 Å². The van der Waals surface area contributed by atoms with Crippen LogP contribution in [0.3, 0.4) is 0 Å². The van der Waals surface area contributed by atoms with E-state index in [0.29, 0.717) is 11.5 Å². The number of imidazole rings is 1. The number of aromatic nitrogens is 2. The van der Waals surface area contributed by atoms with Gasteiger partial charge in [-0.05, 0) is 49.2 Å². The second-order valence-electron chi connectivity index (χ2n) is 8.74. The van der Waals surface area contributed by atoms with E-state index in [0.717, 1.165) is 15.9 Å². The number of aliphatic hydroxyl groups excluding tert-OH is 1. The Morgan fingerprint density at radius 2 is 1.71 bits per heavy atom. The van der Waals surface area contributed by atoms with Gasteiger partial charge in [-0.2, -0.15) is 0 Å². The summed E-state index contributed by atoms with van der Waals surface area (Å²) in [7, 11) is 0. The number of aliphatic hydroxyl groups is 1. The number of Topliss-reactive ketones (excluding diaryl/α,β-unsaturated/α-hetero) is 1. The Morgan fingerprint density at radius 1 is 1.03 bits per heavy atom. The minimum absolute atomic E-state index is 0.157. The summed E-state index contributed by atoms with van der Waals surface area (Å²) in [5, 5.41) is 12.3. The summed E-state index contributed by atoms with van der Waals surface area (Å²) in [6.07, 6.45) is -1.28. The molecule has 2 fully saturated rings. The summed E-state index contributed by atoms with van der Waals surface area (Å²) in [5.41, 5.74) is 1.14. The topological polar surface area (TPSA) is 105 Å². The number of urea groups is 1. The second-order valence-corrected chi connectivity index (χ2v) is 8.74. The monoisotopic (exact) mass is 468 g/mol. The number of benzene rings is 2. The molecule has 3 amide bonds. The Bertz CT molecular complexity index is 1290. The van der Waals surface area contributed by atoms with Crippen LogP contribution in [-0.4, -0.2) is 55.3 Å². The molecule has 1 spiro atoms. The summed E-state index contributed by atoms with van der Waals surface area (Å²) in [4.78, 5) is 43.4. The van der Waals surface area contributed by atoms with Crippen LogP contribution in [0.25, 0.3) is 16.7 Å². The molecule has 5 rings (SSSR count). The van der Waals surface area contributed by atoms with Crippen molar-refractivity contribution in [2.24, 2.45) is 0 Å². The van der Waals surface area contributed by atoms with Crippen LogP contribution in [0.4, 0.5) is 13.6 Å². The van der Waals surface area contributed by atoms with Crippen LogP contribution in [0.1, 0.15) is 41.9 Å². The molecule has 2 aromatic carbocycles. The van der Waals surface area contributed by atoms with Crippen LogP contribution in [0, 0.1) is 0 Å². The Hall–Kier alpha value is -3.66. The number of imide groups is 1. The third-order valence-corrected chi connectivity index (χ3v) is 6.60. The molecule has 1 saturated carbocycles. The number of carbonyl (C=O) groups excluding carboxylic acids is 3. The number of hydrogen-bond acceptors (Lipinski definition) is 5. The lowest BCUT2D eigenvalue weighted by molar-refractivity contribution is -0.135. The lowest BCUT2D eigenvalue weighted by atomic mass is 9.80. The fourth-order valence-electron chi connectivity index (χ4n) is 4.70. The van der Waals surface area contributed by atoms with Gasteiger partial charge in [-0.15, -0.1) is 0 Å². The molecule has 2 heterocycles. The van der Waals surface area contributed by atoms with Crippen LogP contribution in [0.15, 0.2) is 48.5 Å². The van der Waals surface area contributed by atoms with E-state index in [1.165, 1.54) is 0 Å². The third kappa shape index (κ3) is 3.63. The Morgan fingerprint density at radius 3 is 2.38 bits per heavy atom. The molecule has 3 aromatic rings. The number of alkyl halides is 2. The van der Waals surface area contributed by atoms with Gasteiger partial charge in [0.25, 0.3) is 5.91 Å². The molecular formula is C24H22F2N4O4. The molecule has 1 saturated heterocycles. The van der Waals surface area contributed by atoms with Gasteiger partial charge >= 0.3 is 6.03 Å². The molecule has 1 aliphatic carbocycles. The van der Waals surface area contributed by atoms with Crippen molar-refractivity contribution in [3.8, 4) is 5.69 Å². The first-order chi connectivity index (χ1) is 16.2. The molecule has 176 valence electrons. The number of halogens is 2. The number of hydrogen-bond donors (Lipinski definition) is 2. The van der Waals surface area contributed by atoms with Crippen LogP contribution in [0.5, 0.6) is 0 Å². The average Bonchev–Trinajstić information content (AvgIpc) is 3.32. The van der Waals surface area contributed by atoms with Gasteiger partial charge in [-0.25, -0.2) is 18.6 Å². The first kappa shape index (κ1) is 22.1. The summed E-state index contributed by atoms with van der Waals surface area (Å²) in [6.45, 7) is -0.743. The highest BCUT2D eigenvalue weighted by Crippen LogP contribution is 2.41. The highest BCUT2D eigenvalue weighted by molar-refractivity contribution is 6.11. The molecule has 0 unspecified atom stereocenters. The van der Waals surface area contributed by atoms with E-state index in [-0.39, 0.29) is 25.0 Å². The maximum Gasteiger partial charge on any atom is 0.325 e. The van der Waals surface area contributed by atoms with Crippen molar-refractivity contribution in [2.45, 2.75) is 43.8 Å². The highest BCUT2D eigenvalue weighted by Gasteiger charge is 2.55. The van der Waals surface area contributed by atoms with E-state index in [1.807, 2.05) is 24.3 Å². The van der Waals surface area contributed by atoms with Gasteiger partial charge in [-0.1, -0.05) is 12.1 Å². The zero-order valence-electron chi connectivity index (χ0n) is 18.1. The zero-order valence-corrected chi connectivity index (χ0v) is 18.1. The quantitative estimate of drug-likeness (QED) is 0.442. The fraction of sp³-hybridized carbons (Fsp3) is 0.333. The van der Waals surface area contributed by atoms with Gasteiger partial charge in [0.1, 0.15) is 18.0 Å². The molecule has 1 aromatic heterocycles. The standard InChI is InChI=1S/C24H22F2N4O4/c25-24(26)11-9-23(10-12-24)21(33)29(22(34)28-23)13-19(32)15-5-7-16(8-6-15)30-18-4-2-1-3-17(18)27-20(30)14-31/h1-8,31H,9-14H2,(H,28,34). The molecule has 2 aliphatic rings. The van der Waals surface area contributed by atoms with E-state index in [9.17, 15) is 28.3 Å². The molecule has 2 N–H and O–H groups in total. The molecular weight excluding hydrogens is 446 g/mol. The lowest BCUT2D eigenvalue weighted by Crippen LogP contribution is -2.51. The molecule has 1 aliphatic heterocycles. The average molecular weight is 468 g/mol. The molecule has 0 bridgehead atoms. The summed E-state index contributed by atoms with van der Waals surface area (Å²) in [6, 6.07) is 13.2. The largest absolute Gasteiger partial charge is 0.388 e. The zero-order chi connectivity index (χ0) is 24.1. The maximum absolute atomic E-state index is 13.6. The maximum atomic E-state index is 13.6. The van der Waals surface area contributed by atoms with E-state index >= 15 is 0 Å².